The van der Waals surface area contributed by atoms with Gasteiger partial charge in [-0.25, -0.2) is 4.79 Å². The summed E-state index contributed by atoms with van der Waals surface area (Å²) in [6.45, 7) is 9.45. The van der Waals surface area contributed by atoms with E-state index in [2.05, 4.69) is 79.5 Å². The van der Waals surface area contributed by atoms with Crippen LogP contribution in [0.4, 0.5) is 16.3 Å². The van der Waals surface area contributed by atoms with Crippen molar-refractivity contribution in [3.63, 3.8) is 0 Å². The van der Waals surface area contributed by atoms with Gasteiger partial charge in [0.2, 0.25) is 5.91 Å². The maximum Gasteiger partial charge on any atom is 0.407 e. The molecule has 0 spiro atoms. The van der Waals surface area contributed by atoms with Gasteiger partial charge in [-0.05, 0) is 84.5 Å². The highest BCUT2D eigenvalue weighted by atomic mass is 127. The summed E-state index contributed by atoms with van der Waals surface area (Å²) in [4.78, 5) is 43.8. The highest BCUT2D eigenvalue weighted by Crippen LogP contribution is 2.37. The summed E-state index contributed by atoms with van der Waals surface area (Å²) in [5, 5.41) is 15.3. The monoisotopic (exact) mass is 888 g/mol. The molecule has 0 bridgehead atoms. The SMILES string of the molecule is C=CC(=O)N1CCN(c2nc(OC[C@@H]3CCCN3CCCNC(=O)OCc3ccccc3I)nc3c2CCN(c2cccc4cccc(Cl)c24)C3)C[C@@H]1CC#N. The van der Waals surface area contributed by atoms with Gasteiger partial charge in [0.1, 0.15) is 19.0 Å². The minimum absolute atomic E-state index is 0.169. The minimum atomic E-state index is -0.416. The second-order valence-corrected chi connectivity index (χ2v) is 15.9. The summed E-state index contributed by atoms with van der Waals surface area (Å²) in [5.41, 5.74) is 3.99. The molecule has 3 aliphatic heterocycles. The molecule has 1 N–H and O–H groups in total. The molecule has 0 unspecified atom stereocenters. The molecule has 14 heteroatoms. The van der Waals surface area contributed by atoms with Crippen molar-refractivity contribution in [1.29, 1.82) is 5.26 Å². The van der Waals surface area contributed by atoms with Gasteiger partial charge in [-0.1, -0.05) is 60.6 Å². The quantitative estimate of drug-likeness (QED) is 0.0878. The van der Waals surface area contributed by atoms with E-state index >= 15 is 0 Å². The van der Waals surface area contributed by atoms with Gasteiger partial charge in [-0.15, -0.1) is 0 Å². The second-order valence-electron chi connectivity index (χ2n) is 14.3. The topological polar surface area (TPSA) is 127 Å². The van der Waals surface area contributed by atoms with Crippen LogP contribution in [0.25, 0.3) is 10.8 Å². The maximum atomic E-state index is 12.7. The lowest BCUT2D eigenvalue weighted by molar-refractivity contribution is -0.128. The first-order valence-corrected chi connectivity index (χ1v) is 20.7. The number of likely N-dealkylation sites (tertiary alicyclic amines) is 1. The summed E-state index contributed by atoms with van der Waals surface area (Å²) in [6.07, 6.45) is 4.66. The number of nitriles is 1. The Morgan fingerprint density at radius 3 is 2.70 bits per heavy atom. The zero-order valence-corrected chi connectivity index (χ0v) is 34.3. The lowest BCUT2D eigenvalue weighted by Gasteiger charge is -2.42. The average Bonchev–Trinajstić information content (AvgIpc) is 3.67. The molecule has 0 radical (unpaired) electrons. The summed E-state index contributed by atoms with van der Waals surface area (Å²) >= 11 is 9.00. The molecular weight excluding hydrogens is 843 g/mol. The number of amides is 2. The van der Waals surface area contributed by atoms with Crippen molar-refractivity contribution in [1.82, 2.24) is 25.1 Å². The molecule has 292 valence electrons. The predicted octanol–water partition coefficient (Wildman–Crippen LogP) is 6.73. The Kier molecular flexibility index (Phi) is 13.1. The molecule has 2 atom stereocenters. The van der Waals surface area contributed by atoms with E-state index in [1.807, 2.05) is 36.4 Å². The fourth-order valence-corrected chi connectivity index (χ4v) is 8.85. The number of carbonyl (C=O) groups excluding carboxylic acids is 2. The van der Waals surface area contributed by atoms with E-state index in [4.69, 9.17) is 31.0 Å². The van der Waals surface area contributed by atoms with Crippen LogP contribution in [0.5, 0.6) is 6.01 Å². The third kappa shape index (κ3) is 9.14. The van der Waals surface area contributed by atoms with E-state index in [1.54, 1.807) is 4.90 Å². The number of aromatic nitrogens is 2. The molecule has 7 rings (SSSR count). The Bertz CT molecular complexity index is 2110. The minimum Gasteiger partial charge on any atom is -0.462 e. The third-order valence-electron chi connectivity index (χ3n) is 10.9. The van der Waals surface area contributed by atoms with Gasteiger partial charge >= 0.3 is 12.1 Å². The van der Waals surface area contributed by atoms with Gasteiger partial charge < -0.3 is 29.5 Å². The third-order valence-corrected chi connectivity index (χ3v) is 12.2. The molecule has 0 aliphatic carbocycles. The summed E-state index contributed by atoms with van der Waals surface area (Å²) < 4.78 is 13.0. The van der Waals surface area contributed by atoms with Gasteiger partial charge in [0.25, 0.3) is 0 Å². The second kappa shape index (κ2) is 18.5. The van der Waals surface area contributed by atoms with E-state index in [1.165, 1.54) is 6.08 Å². The number of fused-ring (bicyclic) bond motifs is 2. The number of hydrogen-bond acceptors (Lipinski definition) is 10. The fourth-order valence-electron chi connectivity index (χ4n) is 8.03. The lowest BCUT2D eigenvalue weighted by atomic mass is 10.0. The van der Waals surface area contributed by atoms with E-state index in [-0.39, 0.29) is 31.0 Å². The molecule has 4 heterocycles. The van der Waals surface area contributed by atoms with E-state index in [9.17, 15) is 14.9 Å². The Hall–Kier alpha value is -4.65. The molecule has 3 aromatic carbocycles. The summed E-state index contributed by atoms with van der Waals surface area (Å²) in [6, 6.07) is 22.6. The van der Waals surface area contributed by atoms with Crippen molar-refractivity contribution in [2.45, 2.75) is 57.3 Å². The highest BCUT2D eigenvalue weighted by Gasteiger charge is 2.34. The lowest BCUT2D eigenvalue weighted by Crippen LogP contribution is -2.55. The van der Waals surface area contributed by atoms with Gasteiger partial charge in [0.05, 0.1) is 35.8 Å². The molecular formula is C42H46ClIN8O4. The molecule has 0 saturated carbocycles. The number of benzene rings is 3. The van der Waals surface area contributed by atoms with E-state index in [0.29, 0.717) is 56.8 Å². The Morgan fingerprint density at radius 1 is 1.04 bits per heavy atom. The number of nitrogens with zero attached hydrogens (tertiary/aromatic N) is 7. The zero-order valence-electron chi connectivity index (χ0n) is 31.3. The van der Waals surface area contributed by atoms with Crippen molar-refractivity contribution < 1.29 is 19.1 Å². The first-order chi connectivity index (χ1) is 27.3. The highest BCUT2D eigenvalue weighted by molar-refractivity contribution is 14.1. The largest absolute Gasteiger partial charge is 0.462 e. The molecule has 12 nitrogen and oxygen atoms in total. The van der Waals surface area contributed by atoms with Crippen LogP contribution in [0.15, 0.2) is 73.3 Å². The van der Waals surface area contributed by atoms with Gasteiger partial charge in [0, 0.05) is 71.1 Å². The molecule has 2 fully saturated rings. The van der Waals surface area contributed by atoms with Crippen LogP contribution in [-0.4, -0.2) is 96.3 Å². The number of halogens is 2. The van der Waals surface area contributed by atoms with Crippen LogP contribution in [-0.2, 0) is 29.1 Å². The van der Waals surface area contributed by atoms with E-state index in [0.717, 1.165) is 81.6 Å². The van der Waals surface area contributed by atoms with Crippen LogP contribution in [0.1, 0.15) is 42.5 Å². The van der Waals surface area contributed by atoms with Crippen LogP contribution in [0.3, 0.4) is 0 Å². The van der Waals surface area contributed by atoms with Crippen molar-refractivity contribution in [2.75, 3.05) is 62.2 Å². The molecule has 56 heavy (non-hydrogen) atoms. The maximum absolute atomic E-state index is 12.7. The van der Waals surface area contributed by atoms with Crippen molar-refractivity contribution in [2.24, 2.45) is 0 Å². The number of anilines is 2. The molecule has 3 aliphatic rings. The Labute approximate surface area is 346 Å². The van der Waals surface area contributed by atoms with Crippen molar-refractivity contribution in [3.05, 3.63) is 98.7 Å². The van der Waals surface area contributed by atoms with E-state index < -0.39 is 6.09 Å². The first kappa shape index (κ1) is 39.6. The Morgan fingerprint density at radius 2 is 1.88 bits per heavy atom. The van der Waals surface area contributed by atoms with Gasteiger partial charge in [-0.2, -0.15) is 15.2 Å². The molecule has 1 aromatic heterocycles. The molecule has 2 amide bonds. The van der Waals surface area contributed by atoms with Gasteiger partial charge in [0.15, 0.2) is 0 Å². The fraction of sp³-hybridized carbons (Fsp3) is 0.405. The molecule has 2 saturated heterocycles. The predicted molar refractivity (Wildman–Crippen MR) is 226 cm³/mol. The van der Waals surface area contributed by atoms with Crippen LogP contribution >= 0.6 is 34.2 Å². The molecule has 4 aromatic rings. The summed E-state index contributed by atoms with van der Waals surface area (Å²) in [7, 11) is 0. The number of alkyl carbamates (subject to hydrolysis) is 1. The number of nitrogens with one attached hydrogen (secondary N) is 1. The Balaban J connectivity index is 1.04. The van der Waals surface area contributed by atoms with Gasteiger partial charge in [-0.3, -0.25) is 9.69 Å². The number of piperazine rings is 1. The zero-order chi connectivity index (χ0) is 39.0. The average molecular weight is 889 g/mol. The smallest absolute Gasteiger partial charge is 0.407 e. The number of hydrogen-bond donors (Lipinski definition) is 1. The summed E-state index contributed by atoms with van der Waals surface area (Å²) in [5.74, 6) is 0.634. The number of carbonyl (C=O) groups is 2. The number of ether oxygens (including phenoxy) is 2. The van der Waals surface area contributed by atoms with Crippen molar-refractivity contribution >= 4 is 68.5 Å². The van der Waals surface area contributed by atoms with Crippen LogP contribution < -0.4 is 19.9 Å². The number of rotatable bonds is 13. The standard InChI is InChI=1S/C42H46ClIN8O4/c1-2-38(53)52-24-23-51(25-31(52)16-18-45)40-33-17-22-50(37-15-6-11-29-10-5-13-34(43)39(29)37)26-36(33)47-41(48-40)55-28-32-12-7-20-49(32)21-8-19-46-42(54)56-27-30-9-3-4-14-35(30)44/h2-6,9-11,13-15,31-32H,1,7-8,12,16-17,19-28H2,(H,46,54)/t31-,32-/m0/s1. The first-order valence-electron chi connectivity index (χ1n) is 19.2. The normalized spacial score (nSPS) is 18.3. The van der Waals surface area contributed by atoms with Crippen LogP contribution in [0, 0.1) is 14.9 Å². The van der Waals surface area contributed by atoms with Crippen LogP contribution in [0.2, 0.25) is 5.02 Å². The van der Waals surface area contributed by atoms with Crippen molar-refractivity contribution in [3.8, 4) is 12.1 Å².